The first kappa shape index (κ1) is 20.9. The highest BCUT2D eigenvalue weighted by atomic mass is 32.2. The number of anilines is 2. The average molecular weight is 440 g/mol. The quantitative estimate of drug-likeness (QED) is 0.455. The molecule has 156 valence electrons. The van der Waals surface area contributed by atoms with Crippen LogP contribution in [0.3, 0.4) is 0 Å². The van der Waals surface area contributed by atoms with Crippen LogP contribution < -0.4 is 10.6 Å². The molecule has 0 radical (unpaired) electrons. The molecule has 1 aliphatic carbocycles. The van der Waals surface area contributed by atoms with Crippen LogP contribution in [0.2, 0.25) is 0 Å². The normalized spacial score (nSPS) is 13.4. The highest BCUT2D eigenvalue weighted by Crippen LogP contribution is 2.33. The van der Waals surface area contributed by atoms with Crippen molar-refractivity contribution < 1.29 is 9.59 Å². The van der Waals surface area contributed by atoms with Crippen molar-refractivity contribution in [2.75, 3.05) is 16.4 Å². The summed E-state index contributed by atoms with van der Waals surface area (Å²) in [4.78, 5) is 29.2. The average Bonchev–Trinajstić information content (AvgIpc) is 3.52. The van der Waals surface area contributed by atoms with Crippen LogP contribution in [0.5, 0.6) is 0 Å². The summed E-state index contributed by atoms with van der Waals surface area (Å²) >= 11 is 2.99. The maximum atomic E-state index is 12.6. The fourth-order valence-corrected chi connectivity index (χ4v) is 5.25. The number of amides is 2. The number of nitrogens with zero attached hydrogens (tertiary/aromatic N) is 1. The lowest BCUT2D eigenvalue weighted by molar-refractivity contribution is -0.117. The number of thiazole rings is 1. The molecule has 0 atom stereocenters. The molecule has 0 saturated heterocycles. The standard InChI is InChI=1S/C23H25N3O2S2/c1-3-14-6-5-7-15(4-2)21(14)26-20(27)13-29-23-25-18-11-10-17(12-19(18)30-23)24-22(28)16-8-9-16/h5-7,10-12,16H,3-4,8-9,13H2,1-2H3,(H,24,28)(H,26,27). The number of aromatic nitrogens is 1. The van der Waals surface area contributed by atoms with Gasteiger partial charge < -0.3 is 10.6 Å². The van der Waals surface area contributed by atoms with Crippen molar-refractivity contribution in [3.8, 4) is 0 Å². The van der Waals surface area contributed by atoms with Gasteiger partial charge in [0.1, 0.15) is 0 Å². The number of para-hydroxylation sites is 1. The van der Waals surface area contributed by atoms with Crippen LogP contribution in [-0.2, 0) is 22.4 Å². The number of hydrogen-bond donors (Lipinski definition) is 2. The third-order valence-electron chi connectivity index (χ3n) is 5.17. The molecule has 0 bridgehead atoms. The molecule has 2 N–H and O–H groups in total. The van der Waals surface area contributed by atoms with Crippen LogP contribution in [0.4, 0.5) is 11.4 Å². The topological polar surface area (TPSA) is 71.1 Å². The molecular formula is C23H25N3O2S2. The Kier molecular flexibility index (Phi) is 6.39. The molecule has 2 amide bonds. The van der Waals surface area contributed by atoms with Crippen molar-refractivity contribution in [1.82, 2.24) is 4.98 Å². The lowest BCUT2D eigenvalue weighted by Gasteiger charge is -2.14. The first-order chi connectivity index (χ1) is 14.6. The van der Waals surface area contributed by atoms with Gasteiger partial charge in [-0.3, -0.25) is 9.59 Å². The fraction of sp³-hybridized carbons (Fsp3) is 0.348. The van der Waals surface area contributed by atoms with Crippen molar-refractivity contribution in [2.45, 2.75) is 43.9 Å². The zero-order chi connectivity index (χ0) is 21.1. The Balaban J connectivity index is 1.40. The summed E-state index contributed by atoms with van der Waals surface area (Å²) in [6.07, 6.45) is 3.74. The van der Waals surface area contributed by atoms with Gasteiger partial charge in [0.05, 0.1) is 16.0 Å². The van der Waals surface area contributed by atoms with Crippen molar-refractivity contribution in [3.05, 3.63) is 47.5 Å². The summed E-state index contributed by atoms with van der Waals surface area (Å²) in [5.41, 5.74) is 4.97. The van der Waals surface area contributed by atoms with Gasteiger partial charge in [0.25, 0.3) is 0 Å². The Bertz CT molecular complexity index is 1070. The van der Waals surface area contributed by atoms with Gasteiger partial charge >= 0.3 is 0 Å². The van der Waals surface area contributed by atoms with Gasteiger partial charge in [0.2, 0.25) is 11.8 Å². The van der Waals surface area contributed by atoms with E-state index in [1.165, 1.54) is 11.8 Å². The van der Waals surface area contributed by atoms with E-state index < -0.39 is 0 Å². The van der Waals surface area contributed by atoms with E-state index in [0.717, 1.165) is 62.7 Å². The third-order valence-corrected chi connectivity index (χ3v) is 7.34. The predicted molar refractivity (Wildman–Crippen MR) is 126 cm³/mol. The largest absolute Gasteiger partial charge is 0.326 e. The molecule has 3 aromatic rings. The minimum Gasteiger partial charge on any atom is -0.326 e. The molecule has 1 fully saturated rings. The summed E-state index contributed by atoms with van der Waals surface area (Å²) in [5.74, 6) is 0.570. The molecule has 2 aromatic carbocycles. The summed E-state index contributed by atoms with van der Waals surface area (Å²) in [7, 11) is 0. The number of fused-ring (bicyclic) bond motifs is 1. The molecule has 30 heavy (non-hydrogen) atoms. The van der Waals surface area contributed by atoms with Gasteiger partial charge in [-0.1, -0.05) is 43.8 Å². The Morgan fingerprint density at radius 1 is 1.10 bits per heavy atom. The summed E-state index contributed by atoms with van der Waals surface area (Å²) in [5, 5.41) is 6.08. The van der Waals surface area contributed by atoms with E-state index in [1.54, 1.807) is 11.3 Å². The van der Waals surface area contributed by atoms with Crippen LogP contribution in [0, 0.1) is 5.92 Å². The number of hydrogen-bond acceptors (Lipinski definition) is 5. The van der Waals surface area contributed by atoms with Gasteiger partial charge in [0, 0.05) is 17.3 Å². The predicted octanol–water partition coefficient (Wildman–Crippen LogP) is 5.50. The second-order valence-corrected chi connectivity index (χ2v) is 9.67. The van der Waals surface area contributed by atoms with Gasteiger partial charge in [-0.2, -0.15) is 0 Å². The van der Waals surface area contributed by atoms with Crippen molar-refractivity contribution in [3.63, 3.8) is 0 Å². The monoisotopic (exact) mass is 439 g/mol. The van der Waals surface area contributed by atoms with Gasteiger partial charge in [-0.05, 0) is 55.0 Å². The minimum absolute atomic E-state index is 0.0211. The number of carbonyl (C=O) groups is 2. The highest BCUT2D eigenvalue weighted by Gasteiger charge is 2.29. The van der Waals surface area contributed by atoms with E-state index >= 15 is 0 Å². The minimum atomic E-state index is -0.0211. The lowest BCUT2D eigenvalue weighted by atomic mass is 10.0. The van der Waals surface area contributed by atoms with Crippen LogP contribution >= 0.6 is 23.1 Å². The molecule has 7 heteroatoms. The molecule has 0 aliphatic heterocycles. The van der Waals surface area contributed by atoms with Gasteiger partial charge in [0.15, 0.2) is 4.34 Å². The molecule has 5 nitrogen and oxygen atoms in total. The Morgan fingerprint density at radius 3 is 2.50 bits per heavy atom. The van der Waals surface area contributed by atoms with Gasteiger partial charge in [-0.15, -0.1) is 11.3 Å². The Labute approximate surface area is 184 Å². The molecule has 1 heterocycles. The summed E-state index contributed by atoms with van der Waals surface area (Å²) < 4.78 is 1.86. The molecule has 1 aliphatic rings. The smallest absolute Gasteiger partial charge is 0.234 e. The zero-order valence-corrected chi connectivity index (χ0v) is 18.8. The first-order valence-corrected chi connectivity index (χ1v) is 12.1. The number of nitrogens with one attached hydrogen (secondary N) is 2. The first-order valence-electron chi connectivity index (χ1n) is 10.3. The van der Waals surface area contributed by atoms with E-state index in [1.807, 2.05) is 24.3 Å². The molecule has 0 spiro atoms. The van der Waals surface area contributed by atoms with E-state index in [9.17, 15) is 9.59 Å². The number of benzene rings is 2. The zero-order valence-electron chi connectivity index (χ0n) is 17.2. The van der Waals surface area contributed by atoms with Crippen molar-refractivity contribution in [1.29, 1.82) is 0 Å². The van der Waals surface area contributed by atoms with Crippen LogP contribution in [0.1, 0.15) is 37.8 Å². The SMILES string of the molecule is CCc1cccc(CC)c1NC(=O)CSc1nc2ccc(NC(=O)C3CC3)cc2s1. The van der Waals surface area contributed by atoms with Gasteiger partial charge in [-0.25, -0.2) is 4.98 Å². The maximum Gasteiger partial charge on any atom is 0.234 e. The van der Waals surface area contributed by atoms with Crippen molar-refractivity contribution >= 4 is 56.5 Å². The Morgan fingerprint density at radius 2 is 1.83 bits per heavy atom. The summed E-state index contributed by atoms with van der Waals surface area (Å²) in [6.45, 7) is 4.20. The number of aryl methyl sites for hydroxylation is 2. The molecule has 1 saturated carbocycles. The van der Waals surface area contributed by atoms with Crippen LogP contribution in [-0.4, -0.2) is 22.6 Å². The number of thioether (sulfide) groups is 1. The van der Waals surface area contributed by atoms with Crippen LogP contribution in [0.25, 0.3) is 10.2 Å². The van der Waals surface area contributed by atoms with E-state index in [0.29, 0.717) is 5.75 Å². The van der Waals surface area contributed by atoms with E-state index in [-0.39, 0.29) is 17.7 Å². The number of carbonyl (C=O) groups excluding carboxylic acids is 2. The second kappa shape index (κ2) is 9.18. The third kappa shape index (κ3) is 4.84. The highest BCUT2D eigenvalue weighted by molar-refractivity contribution is 8.01. The van der Waals surface area contributed by atoms with E-state index in [2.05, 4.69) is 41.6 Å². The van der Waals surface area contributed by atoms with Crippen LogP contribution in [0.15, 0.2) is 40.7 Å². The summed E-state index contributed by atoms with van der Waals surface area (Å²) in [6, 6.07) is 11.9. The molecule has 0 unspecified atom stereocenters. The number of rotatable bonds is 8. The molecular weight excluding hydrogens is 414 g/mol. The lowest BCUT2D eigenvalue weighted by Crippen LogP contribution is -2.16. The van der Waals surface area contributed by atoms with Crippen molar-refractivity contribution in [2.24, 2.45) is 5.92 Å². The van der Waals surface area contributed by atoms with E-state index in [4.69, 9.17) is 0 Å². The second-order valence-electron chi connectivity index (χ2n) is 7.42. The fourth-order valence-electron chi connectivity index (χ4n) is 3.34. The molecule has 1 aromatic heterocycles. The maximum absolute atomic E-state index is 12.6. The Hall–Kier alpha value is -2.38. The molecule has 4 rings (SSSR count).